The van der Waals surface area contributed by atoms with E-state index in [2.05, 4.69) is 15.0 Å². The highest BCUT2D eigenvalue weighted by Gasteiger charge is 2.12. The summed E-state index contributed by atoms with van der Waals surface area (Å²) in [6, 6.07) is 7.04. The van der Waals surface area contributed by atoms with Crippen LogP contribution in [0.2, 0.25) is 0 Å². The van der Waals surface area contributed by atoms with Crippen LogP contribution in [0.3, 0.4) is 0 Å². The molecule has 9 heteroatoms. The normalized spacial score (nSPS) is 13.2. The summed E-state index contributed by atoms with van der Waals surface area (Å²) >= 11 is 0. The van der Waals surface area contributed by atoms with Gasteiger partial charge in [0.1, 0.15) is 30.7 Å². The van der Waals surface area contributed by atoms with Gasteiger partial charge < -0.3 is 24.7 Å². The molecular formula is C16H18N5O3P. The van der Waals surface area contributed by atoms with Crippen LogP contribution < -0.4 is 20.7 Å². The van der Waals surface area contributed by atoms with Gasteiger partial charge in [-0.1, -0.05) is 0 Å². The fraction of sp³-hybridized carbons (Fsp3) is 0.250. The molecule has 0 bridgehead atoms. The van der Waals surface area contributed by atoms with Crippen LogP contribution in [0.15, 0.2) is 36.9 Å². The van der Waals surface area contributed by atoms with E-state index in [0.29, 0.717) is 28.8 Å². The lowest BCUT2D eigenvalue weighted by molar-refractivity contribution is -0.150. The molecule has 0 saturated heterocycles. The van der Waals surface area contributed by atoms with Gasteiger partial charge in [0.25, 0.3) is 0 Å². The summed E-state index contributed by atoms with van der Waals surface area (Å²) in [5.74, 6) is 2.42. The standard InChI is InChI=1S/C16H18N5O3P/c1-11(7-21-9-20-14-15(17)18-8-19-16(14)21)24-10-25(22)13-5-3-12(23-2)4-6-13/h3-6,8-11H,7H2,1-2H3,(H2,17,18,19)/t11-/m1/s1. The molecule has 0 aliphatic heterocycles. The maximum Gasteiger partial charge on any atom is 0.214 e. The van der Waals surface area contributed by atoms with E-state index in [9.17, 15) is 4.89 Å². The molecule has 2 N–H and O–H groups in total. The third kappa shape index (κ3) is 3.93. The molecule has 0 fully saturated rings. The van der Waals surface area contributed by atoms with Crippen molar-refractivity contribution >= 4 is 36.0 Å². The van der Waals surface area contributed by atoms with Crippen molar-refractivity contribution in [3.05, 3.63) is 36.9 Å². The molecule has 1 unspecified atom stereocenters. The lowest BCUT2D eigenvalue weighted by atomic mass is 10.3. The molecular weight excluding hydrogens is 341 g/mol. The minimum absolute atomic E-state index is 0.217. The first-order valence-corrected chi connectivity index (χ1v) is 8.92. The number of anilines is 1. The van der Waals surface area contributed by atoms with Gasteiger partial charge >= 0.3 is 0 Å². The highest BCUT2D eigenvalue weighted by atomic mass is 31.1. The molecule has 0 aliphatic carbocycles. The Labute approximate surface area is 145 Å². The van der Waals surface area contributed by atoms with Crippen molar-refractivity contribution in [3.63, 3.8) is 0 Å². The van der Waals surface area contributed by atoms with Crippen LogP contribution in [-0.4, -0.2) is 38.7 Å². The van der Waals surface area contributed by atoms with Crippen LogP contribution >= 0.6 is 7.77 Å². The topological polar surface area (TPSA) is 111 Å². The van der Waals surface area contributed by atoms with E-state index in [1.54, 1.807) is 37.7 Å². The van der Waals surface area contributed by atoms with Gasteiger partial charge in [0.05, 0.1) is 26.1 Å². The van der Waals surface area contributed by atoms with E-state index in [4.69, 9.17) is 15.2 Å². The molecule has 3 aromatic rings. The Balaban J connectivity index is 1.67. The molecule has 0 radical (unpaired) electrons. The number of fused-ring (bicyclic) bond motifs is 1. The quantitative estimate of drug-likeness (QED) is 0.644. The fourth-order valence-corrected chi connectivity index (χ4v) is 3.18. The number of hydrogen-bond acceptors (Lipinski definition) is 7. The molecule has 130 valence electrons. The number of ether oxygens (including phenoxy) is 2. The molecule has 8 nitrogen and oxygen atoms in total. The van der Waals surface area contributed by atoms with Crippen molar-refractivity contribution in [1.82, 2.24) is 19.5 Å². The van der Waals surface area contributed by atoms with Crippen molar-refractivity contribution in [3.8, 4) is 5.75 Å². The lowest BCUT2D eigenvalue weighted by Crippen LogP contribution is -2.17. The first-order chi connectivity index (χ1) is 12.1. The van der Waals surface area contributed by atoms with Gasteiger partial charge in [-0.05, 0) is 31.2 Å². The van der Waals surface area contributed by atoms with Crippen molar-refractivity contribution in [2.75, 3.05) is 12.8 Å². The van der Waals surface area contributed by atoms with Crippen molar-refractivity contribution in [2.45, 2.75) is 19.6 Å². The number of nitrogen functional groups attached to an aromatic ring is 1. The van der Waals surface area contributed by atoms with Gasteiger partial charge in [0, 0.05) is 0 Å². The average molecular weight is 359 g/mol. The molecule has 3 rings (SSSR count). The number of rotatable bonds is 6. The van der Waals surface area contributed by atoms with Gasteiger partial charge in [0.2, 0.25) is 5.98 Å². The number of methoxy groups -OCH3 is 1. The first kappa shape index (κ1) is 17.3. The van der Waals surface area contributed by atoms with Crippen LogP contribution in [0.25, 0.3) is 11.2 Å². The number of aromatic nitrogens is 4. The third-order valence-corrected chi connectivity index (χ3v) is 4.72. The van der Waals surface area contributed by atoms with Crippen LogP contribution in [0, 0.1) is 0 Å². The minimum Gasteiger partial charge on any atom is -0.624 e. The molecule has 0 aliphatic rings. The van der Waals surface area contributed by atoms with E-state index in [-0.39, 0.29) is 6.10 Å². The molecule has 0 spiro atoms. The number of benzene rings is 1. The predicted octanol–water partition coefficient (Wildman–Crippen LogP) is 0.665. The highest BCUT2D eigenvalue weighted by molar-refractivity contribution is 7.57. The van der Waals surface area contributed by atoms with E-state index in [1.807, 2.05) is 11.5 Å². The van der Waals surface area contributed by atoms with Crippen LogP contribution in [0.4, 0.5) is 5.82 Å². The number of nitrogens with zero attached hydrogens (tertiary/aromatic N) is 4. The lowest BCUT2D eigenvalue weighted by Gasteiger charge is -2.10. The van der Waals surface area contributed by atoms with Crippen LogP contribution in [0.1, 0.15) is 6.92 Å². The second-order valence-corrected chi connectivity index (χ2v) is 6.78. The number of hydrogen-bond donors (Lipinski definition) is 1. The Kier molecular flexibility index (Phi) is 5.23. The van der Waals surface area contributed by atoms with Gasteiger partial charge in [-0.3, -0.25) is 0 Å². The van der Waals surface area contributed by atoms with Gasteiger partial charge in [-0.2, -0.15) is 0 Å². The Morgan fingerprint density at radius 3 is 2.76 bits per heavy atom. The van der Waals surface area contributed by atoms with Crippen molar-refractivity contribution in [1.29, 1.82) is 0 Å². The van der Waals surface area contributed by atoms with E-state index >= 15 is 0 Å². The summed E-state index contributed by atoms with van der Waals surface area (Å²) < 4.78 is 12.5. The number of nitrogens with two attached hydrogens (primary N) is 1. The zero-order chi connectivity index (χ0) is 17.8. The SMILES string of the molecule is COc1ccc([P+]([O-])=CO[C@H](C)Cn2cnc3c(N)ncnc32)cc1. The van der Waals surface area contributed by atoms with E-state index in [0.717, 1.165) is 5.75 Å². The summed E-state index contributed by atoms with van der Waals surface area (Å²) in [5, 5.41) is 0.677. The monoisotopic (exact) mass is 359 g/mol. The van der Waals surface area contributed by atoms with Crippen molar-refractivity contribution in [2.24, 2.45) is 0 Å². The second kappa shape index (κ2) is 7.57. The van der Waals surface area contributed by atoms with Gasteiger partial charge in [-0.25, -0.2) is 15.0 Å². The second-order valence-electron chi connectivity index (χ2n) is 5.40. The summed E-state index contributed by atoms with van der Waals surface area (Å²) in [4.78, 5) is 24.6. The highest BCUT2D eigenvalue weighted by Crippen LogP contribution is 2.16. The Bertz CT molecular complexity index is 894. The zero-order valence-corrected chi connectivity index (χ0v) is 14.8. The Morgan fingerprint density at radius 1 is 1.28 bits per heavy atom. The summed E-state index contributed by atoms with van der Waals surface area (Å²) in [6.45, 7) is 2.37. The fourth-order valence-electron chi connectivity index (χ4n) is 2.30. The van der Waals surface area contributed by atoms with Crippen LogP contribution in [0.5, 0.6) is 5.75 Å². The summed E-state index contributed by atoms with van der Waals surface area (Å²) in [7, 11) is -0.164. The third-order valence-electron chi connectivity index (χ3n) is 3.60. The molecule has 0 saturated carbocycles. The Hall–Kier alpha value is -2.54. The van der Waals surface area contributed by atoms with Gasteiger partial charge in [0.15, 0.2) is 11.5 Å². The molecule has 2 heterocycles. The zero-order valence-electron chi connectivity index (χ0n) is 13.9. The molecule has 0 amide bonds. The largest absolute Gasteiger partial charge is 0.624 e. The number of imidazole rings is 1. The summed E-state index contributed by atoms with van der Waals surface area (Å²) in [5.41, 5.74) is 6.97. The molecule has 2 aromatic heterocycles. The van der Waals surface area contributed by atoms with Gasteiger partial charge in [-0.15, -0.1) is 0 Å². The molecule has 1 aromatic carbocycles. The smallest absolute Gasteiger partial charge is 0.214 e. The minimum atomic E-state index is -1.75. The molecule has 2 atom stereocenters. The predicted molar refractivity (Wildman–Crippen MR) is 95.9 cm³/mol. The van der Waals surface area contributed by atoms with E-state index in [1.165, 1.54) is 12.3 Å². The Morgan fingerprint density at radius 2 is 2.04 bits per heavy atom. The van der Waals surface area contributed by atoms with Crippen molar-refractivity contribution < 1.29 is 14.4 Å². The van der Waals surface area contributed by atoms with Crippen LogP contribution in [-0.2, 0) is 11.3 Å². The first-order valence-electron chi connectivity index (χ1n) is 7.59. The van der Waals surface area contributed by atoms with E-state index < -0.39 is 7.77 Å². The maximum absolute atomic E-state index is 12.3. The maximum atomic E-state index is 12.3. The average Bonchev–Trinajstić information content (AvgIpc) is 3.04. The molecule has 25 heavy (non-hydrogen) atoms. The summed E-state index contributed by atoms with van der Waals surface area (Å²) in [6.07, 6.45) is 2.82.